The number of rotatable bonds is 9. The van der Waals surface area contributed by atoms with E-state index in [4.69, 9.17) is 14.0 Å². The third kappa shape index (κ3) is 7.44. The average Bonchev–Trinajstić information content (AvgIpc) is 2.88. The number of nitriles is 1. The van der Waals surface area contributed by atoms with E-state index in [1.165, 1.54) is 80.8 Å². The zero-order chi connectivity index (χ0) is 28.7. The Hall–Kier alpha value is -4.67. The Bertz CT molecular complexity index is 1630. The molecular formula is C26H20BrN3O8S. The highest BCUT2D eigenvalue weighted by atomic mass is 79.9. The van der Waals surface area contributed by atoms with Gasteiger partial charge >= 0.3 is 16.1 Å². The molecule has 3 aromatic carbocycles. The monoisotopic (exact) mass is 613 g/mol. The van der Waals surface area contributed by atoms with Gasteiger partial charge in [-0.3, -0.25) is 9.59 Å². The molecule has 200 valence electrons. The summed E-state index contributed by atoms with van der Waals surface area (Å²) in [6, 6.07) is 15.4. The van der Waals surface area contributed by atoms with Gasteiger partial charge in [-0.25, -0.2) is 4.79 Å². The van der Waals surface area contributed by atoms with Crippen LogP contribution in [0.1, 0.15) is 22.8 Å². The summed E-state index contributed by atoms with van der Waals surface area (Å²) >= 11 is 3.24. The molecule has 0 heterocycles. The Balaban J connectivity index is 1.87. The van der Waals surface area contributed by atoms with Crippen LogP contribution in [0.25, 0.3) is 6.08 Å². The first-order chi connectivity index (χ1) is 18.4. The van der Waals surface area contributed by atoms with Gasteiger partial charge in [0.2, 0.25) is 5.91 Å². The number of carbonyl (C=O) groups excluding carboxylic acids is 2. The number of methoxy groups -OCH3 is 1. The van der Waals surface area contributed by atoms with Crippen molar-refractivity contribution in [1.29, 1.82) is 5.26 Å². The maximum absolute atomic E-state index is 12.9. The number of carboxylic acid groups (broad SMARTS) is 1. The van der Waals surface area contributed by atoms with Crippen LogP contribution >= 0.6 is 15.9 Å². The second-order valence-electron chi connectivity index (χ2n) is 7.79. The minimum absolute atomic E-state index is 0.0130. The molecular weight excluding hydrogens is 594 g/mol. The van der Waals surface area contributed by atoms with Gasteiger partial charge in [-0.2, -0.15) is 13.7 Å². The zero-order valence-corrected chi connectivity index (χ0v) is 22.8. The molecule has 0 aromatic heterocycles. The first-order valence-electron chi connectivity index (χ1n) is 10.9. The fourth-order valence-electron chi connectivity index (χ4n) is 3.21. The van der Waals surface area contributed by atoms with E-state index in [0.717, 1.165) is 0 Å². The number of benzene rings is 3. The van der Waals surface area contributed by atoms with Crippen LogP contribution in [0.4, 0.5) is 11.4 Å². The first-order valence-corrected chi connectivity index (χ1v) is 13.1. The van der Waals surface area contributed by atoms with Crippen LogP contribution in [0, 0.1) is 11.3 Å². The molecule has 2 amide bonds. The van der Waals surface area contributed by atoms with Crippen molar-refractivity contribution in [2.45, 2.75) is 11.8 Å². The summed E-state index contributed by atoms with van der Waals surface area (Å²) in [5.74, 6) is -2.46. The van der Waals surface area contributed by atoms with Crippen molar-refractivity contribution in [3.8, 4) is 17.6 Å². The van der Waals surface area contributed by atoms with Gasteiger partial charge in [0.15, 0.2) is 11.5 Å². The lowest BCUT2D eigenvalue weighted by atomic mass is 10.1. The number of ether oxygens (including phenoxy) is 1. The Morgan fingerprint density at radius 3 is 2.31 bits per heavy atom. The van der Waals surface area contributed by atoms with E-state index in [0.29, 0.717) is 11.3 Å². The lowest BCUT2D eigenvalue weighted by Crippen LogP contribution is -2.14. The van der Waals surface area contributed by atoms with Crippen LogP contribution in [0.5, 0.6) is 11.5 Å². The van der Waals surface area contributed by atoms with E-state index in [1.54, 1.807) is 6.07 Å². The van der Waals surface area contributed by atoms with Crippen molar-refractivity contribution in [2.75, 3.05) is 17.7 Å². The number of hydrogen-bond acceptors (Lipinski definition) is 8. The molecule has 0 spiro atoms. The molecule has 0 saturated heterocycles. The maximum atomic E-state index is 12.9. The maximum Gasteiger partial charge on any atom is 0.339 e. The highest BCUT2D eigenvalue weighted by molar-refractivity contribution is 9.10. The number of aromatic carboxylic acids is 1. The number of halogens is 1. The summed E-state index contributed by atoms with van der Waals surface area (Å²) in [6.45, 7) is 1.32. The van der Waals surface area contributed by atoms with Gasteiger partial charge in [-0.05, 0) is 82.2 Å². The van der Waals surface area contributed by atoms with Crippen molar-refractivity contribution in [2.24, 2.45) is 0 Å². The molecule has 11 nitrogen and oxygen atoms in total. The first kappa shape index (κ1) is 28.9. The highest BCUT2D eigenvalue weighted by Gasteiger charge is 2.22. The minimum Gasteiger partial charge on any atom is -0.493 e. The molecule has 39 heavy (non-hydrogen) atoms. The standard InChI is InChI=1S/C26H20BrN3O8S/c1-15(31)29-19-6-8-21(9-7-19)39(35,36)38-24-22(27)11-16(12-23(24)37-2)10-18(14-28)25(32)30-20-5-3-4-17(13-20)26(33)34/h3-13H,1-2H3,(H,29,31)(H,30,32)(H,33,34)/b18-10+. The van der Waals surface area contributed by atoms with Crippen molar-refractivity contribution >= 4 is 61.3 Å². The fraction of sp³-hybridized carbons (Fsp3) is 0.0769. The molecule has 0 aliphatic carbocycles. The molecule has 3 N–H and O–H groups in total. The van der Waals surface area contributed by atoms with Crippen molar-refractivity contribution in [3.63, 3.8) is 0 Å². The number of anilines is 2. The number of amides is 2. The van der Waals surface area contributed by atoms with Crippen LogP contribution in [0.2, 0.25) is 0 Å². The van der Waals surface area contributed by atoms with E-state index in [9.17, 15) is 28.1 Å². The fourth-order valence-corrected chi connectivity index (χ4v) is 4.82. The average molecular weight is 614 g/mol. The predicted octanol–water partition coefficient (Wildman–Crippen LogP) is 4.43. The molecule has 3 rings (SSSR count). The highest BCUT2D eigenvalue weighted by Crippen LogP contribution is 2.39. The number of nitrogens with zero attached hydrogens (tertiary/aromatic N) is 1. The summed E-state index contributed by atoms with van der Waals surface area (Å²) < 4.78 is 36.5. The lowest BCUT2D eigenvalue weighted by molar-refractivity contribution is -0.114. The molecule has 0 saturated carbocycles. The van der Waals surface area contributed by atoms with Gasteiger partial charge in [-0.1, -0.05) is 6.07 Å². The molecule has 0 unspecified atom stereocenters. The van der Waals surface area contributed by atoms with E-state index >= 15 is 0 Å². The van der Waals surface area contributed by atoms with Crippen LogP contribution in [-0.4, -0.2) is 38.4 Å². The molecule has 0 aliphatic rings. The number of carboxylic acids is 1. The van der Waals surface area contributed by atoms with Crippen molar-refractivity contribution in [1.82, 2.24) is 0 Å². The van der Waals surface area contributed by atoms with Crippen LogP contribution in [0.3, 0.4) is 0 Å². The molecule has 0 radical (unpaired) electrons. The molecule has 0 aliphatic heterocycles. The summed E-state index contributed by atoms with van der Waals surface area (Å²) in [7, 11) is -3.03. The van der Waals surface area contributed by atoms with Crippen molar-refractivity contribution < 1.29 is 36.8 Å². The van der Waals surface area contributed by atoms with Gasteiger partial charge < -0.3 is 24.7 Å². The van der Waals surface area contributed by atoms with E-state index < -0.39 is 22.0 Å². The Kier molecular flexibility index (Phi) is 9.08. The van der Waals surface area contributed by atoms with Crippen LogP contribution in [0.15, 0.2) is 75.6 Å². The zero-order valence-electron chi connectivity index (χ0n) is 20.4. The molecule has 0 bridgehead atoms. The normalized spacial score (nSPS) is 11.2. The number of nitrogens with one attached hydrogen (secondary N) is 2. The van der Waals surface area contributed by atoms with Crippen molar-refractivity contribution in [3.05, 3.63) is 81.8 Å². The summed E-state index contributed by atoms with van der Waals surface area (Å²) in [5, 5.41) is 23.6. The summed E-state index contributed by atoms with van der Waals surface area (Å²) in [5.41, 5.74) is 0.527. The Labute approximate surface area is 231 Å². The Morgan fingerprint density at radius 2 is 1.72 bits per heavy atom. The Morgan fingerprint density at radius 1 is 1.03 bits per heavy atom. The summed E-state index contributed by atoms with van der Waals surface area (Å²) in [6.07, 6.45) is 1.24. The number of carbonyl (C=O) groups is 3. The van der Waals surface area contributed by atoms with Gasteiger partial charge in [0.05, 0.1) is 17.1 Å². The smallest absolute Gasteiger partial charge is 0.339 e. The van der Waals surface area contributed by atoms with Gasteiger partial charge in [-0.15, -0.1) is 0 Å². The quantitative estimate of drug-likeness (QED) is 0.179. The van der Waals surface area contributed by atoms with E-state index in [-0.39, 0.29) is 43.6 Å². The van der Waals surface area contributed by atoms with Gasteiger partial charge in [0.1, 0.15) is 16.5 Å². The molecule has 0 atom stereocenters. The molecule has 3 aromatic rings. The van der Waals surface area contributed by atoms with Gasteiger partial charge in [0.25, 0.3) is 5.91 Å². The second-order valence-corrected chi connectivity index (χ2v) is 10.2. The van der Waals surface area contributed by atoms with E-state index in [1.807, 2.05) is 0 Å². The largest absolute Gasteiger partial charge is 0.493 e. The minimum atomic E-state index is -4.31. The van der Waals surface area contributed by atoms with Gasteiger partial charge in [0, 0.05) is 18.3 Å². The lowest BCUT2D eigenvalue weighted by Gasteiger charge is -2.14. The molecule has 0 fully saturated rings. The summed E-state index contributed by atoms with van der Waals surface area (Å²) in [4.78, 5) is 34.8. The topological polar surface area (TPSA) is 172 Å². The third-order valence-electron chi connectivity index (χ3n) is 4.95. The number of hydrogen-bond donors (Lipinski definition) is 3. The SMILES string of the molecule is COc1cc(/C=C(\C#N)C(=O)Nc2cccc(C(=O)O)c2)cc(Br)c1OS(=O)(=O)c1ccc(NC(C)=O)cc1. The van der Waals surface area contributed by atoms with E-state index in [2.05, 4.69) is 26.6 Å². The predicted molar refractivity (Wildman–Crippen MR) is 145 cm³/mol. The molecule has 13 heteroatoms. The van der Waals surface area contributed by atoms with Crippen LogP contribution in [-0.2, 0) is 19.7 Å². The second kappa shape index (κ2) is 12.2. The third-order valence-corrected chi connectivity index (χ3v) is 6.78. The van der Waals surface area contributed by atoms with Crippen LogP contribution < -0.4 is 19.6 Å².